The smallest absolute Gasteiger partial charge is 0.0462 e. The molecule has 4 heteroatoms. The highest BCUT2D eigenvalue weighted by molar-refractivity contribution is 7.99. The van der Waals surface area contributed by atoms with E-state index < -0.39 is 0 Å². The first-order chi connectivity index (χ1) is 8.20. The second-order valence-electron chi connectivity index (χ2n) is 3.48. The highest BCUT2D eigenvalue weighted by atomic mass is 35.5. The highest BCUT2D eigenvalue weighted by Gasteiger charge is 2.06. The molecule has 2 aromatic rings. The van der Waals surface area contributed by atoms with E-state index in [-0.39, 0.29) is 0 Å². The van der Waals surface area contributed by atoms with Crippen molar-refractivity contribution >= 4 is 35.0 Å². The van der Waals surface area contributed by atoms with Crippen LogP contribution in [0.2, 0.25) is 10.0 Å². The van der Waals surface area contributed by atoms with Crippen molar-refractivity contribution in [1.29, 1.82) is 0 Å². The van der Waals surface area contributed by atoms with Crippen LogP contribution in [0.1, 0.15) is 5.56 Å². The van der Waals surface area contributed by atoms with E-state index in [4.69, 9.17) is 28.9 Å². The maximum absolute atomic E-state index is 6.11. The third kappa shape index (κ3) is 3.17. The molecule has 0 unspecified atom stereocenters. The number of nitrogens with two attached hydrogens (primary N) is 1. The van der Waals surface area contributed by atoms with Gasteiger partial charge in [-0.3, -0.25) is 0 Å². The minimum absolute atomic E-state index is 0.440. The maximum Gasteiger partial charge on any atom is 0.0462 e. The van der Waals surface area contributed by atoms with Crippen molar-refractivity contribution in [2.75, 3.05) is 0 Å². The van der Waals surface area contributed by atoms with Crippen LogP contribution in [0.5, 0.6) is 0 Å². The van der Waals surface area contributed by atoms with Gasteiger partial charge in [-0.1, -0.05) is 41.0 Å². The molecule has 0 aliphatic rings. The lowest BCUT2D eigenvalue weighted by Crippen LogP contribution is -1.99. The van der Waals surface area contributed by atoms with E-state index in [1.165, 1.54) is 0 Å². The zero-order valence-electron chi connectivity index (χ0n) is 8.99. The largest absolute Gasteiger partial charge is 0.326 e. The summed E-state index contributed by atoms with van der Waals surface area (Å²) in [6.45, 7) is 0.440. The van der Waals surface area contributed by atoms with Gasteiger partial charge in [0.2, 0.25) is 0 Å². The Balaban J connectivity index is 2.29. The number of hydrogen-bond donors (Lipinski definition) is 1. The summed E-state index contributed by atoms with van der Waals surface area (Å²) < 4.78 is 0. The molecular formula is C13H11Cl2NS. The topological polar surface area (TPSA) is 26.0 Å². The summed E-state index contributed by atoms with van der Waals surface area (Å²) in [6, 6.07) is 13.5. The second-order valence-corrected chi connectivity index (χ2v) is 5.44. The fraction of sp³-hybridized carbons (Fsp3) is 0.0769. The number of hydrogen-bond acceptors (Lipinski definition) is 2. The summed E-state index contributed by atoms with van der Waals surface area (Å²) in [5, 5.41) is 1.45. The molecular weight excluding hydrogens is 273 g/mol. The number of benzene rings is 2. The van der Waals surface area contributed by atoms with E-state index in [1.54, 1.807) is 11.8 Å². The average Bonchev–Trinajstić information content (AvgIpc) is 2.32. The third-order valence-corrected chi connectivity index (χ3v) is 4.04. The molecule has 0 saturated carbocycles. The van der Waals surface area contributed by atoms with Crippen LogP contribution in [0.25, 0.3) is 0 Å². The maximum atomic E-state index is 6.11. The van der Waals surface area contributed by atoms with Gasteiger partial charge in [-0.25, -0.2) is 0 Å². The van der Waals surface area contributed by atoms with Crippen molar-refractivity contribution in [2.24, 2.45) is 5.73 Å². The first-order valence-electron chi connectivity index (χ1n) is 5.11. The predicted octanol–water partition coefficient (Wildman–Crippen LogP) is 4.60. The Morgan fingerprint density at radius 3 is 2.35 bits per heavy atom. The van der Waals surface area contributed by atoms with Crippen molar-refractivity contribution in [2.45, 2.75) is 16.3 Å². The quantitative estimate of drug-likeness (QED) is 0.891. The molecule has 0 aromatic heterocycles. The minimum Gasteiger partial charge on any atom is -0.326 e. The van der Waals surface area contributed by atoms with Crippen molar-refractivity contribution in [3.63, 3.8) is 0 Å². The number of rotatable bonds is 3. The van der Waals surface area contributed by atoms with Gasteiger partial charge in [0, 0.05) is 26.4 Å². The molecule has 0 amide bonds. The molecule has 0 atom stereocenters. The third-order valence-electron chi connectivity index (χ3n) is 2.32. The Morgan fingerprint density at radius 2 is 1.71 bits per heavy atom. The van der Waals surface area contributed by atoms with E-state index in [9.17, 15) is 0 Å². The minimum atomic E-state index is 0.440. The molecule has 0 aliphatic heterocycles. The number of halogens is 2. The standard InChI is InChI=1S/C13H11Cl2NS/c14-9-4-6-10(7-5-9)17-13-3-1-2-12(15)11(13)8-16/h1-7H,8,16H2. The van der Waals surface area contributed by atoms with E-state index >= 15 is 0 Å². The molecule has 2 N–H and O–H groups in total. The van der Waals surface area contributed by atoms with Gasteiger partial charge in [-0.05, 0) is 42.0 Å². The van der Waals surface area contributed by atoms with Crippen molar-refractivity contribution in [3.8, 4) is 0 Å². The zero-order chi connectivity index (χ0) is 12.3. The molecule has 2 rings (SSSR count). The molecule has 0 fully saturated rings. The molecule has 17 heavy (non-hydrogen) atoms. The van der Waals surface area contributed by atoms with E-state index in [1.807, 2.05) is 42.5 Å². The normalized spacial score (nSPS) is 10.5. The fourth-order valence-electron chi connectivity index (χ4n) is 1.46. The van der Waals surface area contributed by atoms with Crippen LogP contribution in [0, 0.1) is 0 Å². The highest BCUT2D eigenvalue weighted by Crippen LogP contribution is 2.33. The summed E-state index contributed by atoms with van der Waals surface area (Å²) in [5.41, 5.74) is 6.69. The SMILES string of the molecule is NCc1c(Cl)cccc1Sc1ccc(Cl)cc1. The van der Waals surface area contributed by atoms with E-state index in [0.29, 0.717) is 11.6 Å². The first-order valence-corrected chi connectivity index (χ1v) is 6.69. The lowest BCUT2D eigenvalue weighted by Gasteiger charge is -2.09. The first kappa shape index (κ1) is 12.8. The monoisotopic (exact) mass is 283 g/mol. The second kappa shape index (κ2) is 5.78. The van der Waals surface area contributed by atoms with E-state index in [2.05, 4.69) is 0 Å². The van der Waals surface area contributed by atoms with E-state index in [0.717, 1.165) is 20.4 Å². The van der Waals surface area contributed by atoms with Gasteiger partial charge >= 0.3 is 0 Å². The molecule has 2 aromatic carbocycles. The van der Waals surface area contributed by atoms with Gasteiger partial charge in [0.15, 0.2) is 0 Å². The Labute approximate surface area is 115 Å². The molecule has 0 heterocycles. The van der Waals surface area contributed by atoms with Gasteiger partial charge in [0.25, 0.3) is 0 Å². The van der Waals surface area contributed by atoms with Crippen molar-refractivity contribution in [3.05, 3.63) is 58.1 Å². The zero-order valence-corrected chi connectivity index (χ0v) is 11.3. The average molecular weight is 284 g/mol. The van der Waals surface area contributed by atoms with Gasteiger partial charge in [0.05, 0.1) is 0 Å². The fourth-order valence-corrected chi connectivity index (χ4v) is 2.89. The van der Waals surface area contributed by atoms with Crippen molar-refractivity contribution in [1.82, 2.24) is 0 Å². The summed E-state index contributed by atoms with van der Waals surface area (Å²) in [4.78, 5) is 2.20. The Morgan fingerprint density at radius 1 is 1.00 bits per heavy atom. The Bertz CT molecular complexity index is 511. The van der Waals surface area contributed by atoms with Crippen molar-refractivity contribution < 1.29 is 0 Å². The van der Waals surface area contributed by atoms with Crippen LogP contribution >= 0.6 is 35.0 Å². The molecule has 0 spiro atoms. The molecule has 0 saturated heterocycles. The summed E-state index contributed by atoms with van der Waals surface area (Å²) >= 11 is 13.6. The Hall–Kier alpha value is -0.670. The summed E-state index contributed by atoms with van der Waals surface area (Å²) in [5.74, 6) is 0. The van der Waals surface area contributed by atoms with Crippen LogP contribution in [0.4, 0.5) is 0 Å². The summed E-state index contributed by atoms with van der Waals surface area (Å²) in [6.07, 6.45) is 0. The Kier molecular flexibility index (Phi) is 4.35. The van der Waals surface area contributed by atoms with Gasteiger partial charge in [0.1, 0.15) is 0 Å². The van der Waals surface area contributed by atoms with Crippen LogP contribution in [-0.4, -0.2) is 0 Å². The molecule has 1 nitrogen and oxygen atoms in total. The molecule has 0 radical (unpaired) electrons. The lowest BCUT2D eigenvalue weighted by molar-refractivity contribution is 1.03. The molecule has 0 aliphatic carbocycles. The van der Waals surface area contributed by atoms with Gasteiger partial charge in [-0.2, -0.15) is 0 Å². The lowest BCUT2D eigenvalue weighted by atomic mass is 10.2. The van der Waals surface area contributed by atoms with Gasteiger partial charge < -0.3 is 5.73 Å². The van der Waals surface area contributed by atoms with Crippen LogP contribution in [-0.2, 0) is 6.54 Å². The molecule has 88 valence electrons. The van der Waals surface area contributed by atoms with Crippen LogP contribution in [0.3, 0.4) is 0 Å². The van der Waals surface area contributed by atoms with Crippen LogP contribution < -0.4 is 5.73 Å². The van der Waals surface area contributed by atoms with Gasteiger partial charge in [-0.15, -0.1) is 0 Å². The van der Waals surface area contributed by atoms with Crippen LogP contribution in [0.15, 0.2) is 52.3 Å². The molecule has 0 bridgehead atoms. The predicted molar refractivity (Wildman–Crippen MR) is 74.9 cm³/mol. The summed E-state index contributed by atoms with van der Waals surface area (Å²) in [7, 11) is 0.